The van der Waals surface area contributed by atoms with Crippen molar-refractivity contribution in [3.8, 4) is 0 Å². The van der Waals surface area contributed by atoms with Gasteiger partial charge in [-0.05, 0) is 107 Å². The summed E-state index contributed by atoms with van der Waals surface area (Å²) in [6.07, 6.45) is 16.3. The zero-order chi connectivity index (χ0) is 26.8. The minimum absolute atomic E-state index is 0. The van der Waals surface area contributed by atoms with E-state index in [9.17, 15) is 9.59 Å². The summed E-state index contributed by atoms with van der Waals surface area (Å²) in [6, 6.07) is 0.664. The standard InChI is InChI=1S/C25H44N2O4.C3H8.C2H6.2H2/c1-18(28)26-23-11-7-19(8-12-23)15-20-9-13-24(14-10-20)27-25(29)31-17-22-5-3-21(4-6-22)16-30-2;1-3-2;1-2;;/h19-24H,3-17H2,1-2H3,(H,26,28)(H,27,29);3H2,1-2H3;1-2H3;2*1H. The molecule has 36 heavy (non-hydrogen) atoms. The van der Waals surface area contributed by atoms with Crippen LogP contribution < -0.4 is 10.6 Å². The fourth-order valence-corrected chi connectivity index (χ4v) is 6.05. The smallest absolute Gasteiger partial charge is 0.407 e. The van der Waals surface area contributed by atoms with E-state index in [-0.39, 0.29) is 20.9 Å². The molecule has 0 heterocycles. The van der Waals surface area contributed by atoms with Gasteiger partial charge in [0.05, 0.1) is 6.61 Å². The first-order valence-electron chi connectivity index (χ1n) is 15.1. The Bertz CT molecular complexity index is 573. The lowest BCUT2D eigenvalue weighted by Crippen LogP contribution is -2.39. The Hall–Kier alpha value is -1.30. The Labute approximate surface area is 225 Å². The van der Waals surface area contributed by atoms with Gasteiger partial charge in [-0.25, -0.2) is 4.79 Å². The number of alkyl carbamates (subject to hydrolysis) is 1. The Kier molecular flexibility index (Phi) is 18.0. The topological polar surface area (TPSA) is 76.7 Å². The van der Waals surface area contributed by atoms with Crippen LogP contribution in [-0.4, -0.2) is 44.4 Å². The minimum atomic E-state index is -0.223. The number of carbonyl (C=O) groups excluding carboxylic acids is 2. The zero-order valence-electron chi connectivity index (χ0n) is 24.4. The van der Waals surface area contributed by atoms with E-state index >= 15 is 0 Å². The minimum Gasteiger partial charge on any atom is -0.449 e. The molecular weight excluding hydrogens is 452 g/mol. The van der Waals surface area contributed by atoms with Crippen LogP contribution in [0.5, 0.6) is 0 Å². The van der Waals surface area contributed by atoms with Crippen LogP contribution in [0.15, 0.2) is 0 Å². The van der Waals surface area contributed by atoms with Crippen LogP contribution in [0.2, 0.25) is 0 Å². The van der Waals surface area contributed by atoms with Gasteiger partial charge in [-0.3, -0.25) is 4.79 Å². The molecule has 0 atom stereocenters. The molecule has 3 fully saturated rings. The highest BCUT2D eigenvalue weighted by Crippen LogP contribution is 2.35. The van der Waals surface area contributed by atoms with Gasteiger partial charge in [-0.15, -0.1) is 0 Å². The zero-order valence-corrected chi connectivity index (χ0v) is 24.4. The van der Waals surface area contributed by atoms with Crippen molar-refractivity contribution < 1.29 is 21.9 Å². The lowest BCUT2D eigenvalue weighted by molar-refractivity contribution is -0.119. The fourth-order valence-electron chi connectivity index (χ4n) is 6.05. The predicted molar refractivity (Wildman–Crippen MR) is 153 cm³/mol. The van der Waals surface area contributed by atoms with Gasteiger partial charge < -0.3 is 20.1 Å². The van der Waals surface area contributed by atoms with Crippen LogP contribution in [0.4, 0.5) is 4.79 Å². The predicted octanol–water partition coefficient (Wildman–Crippen LogP) is 7.74. The number of methoxy groups -OCH3 is 1. The molecule has 2 amide bonds. The molecule has 0 saturated heterocycles. The normalized spacial score (nSPS) is 29.9. The molecule has 2 N–H and O–H groups in total. The van der Waals surface area contributed by atoms with Crippen LogP contribution in [-0.2, 0) is 14.3 Å². The van der Waals surface area contributed by atoms with Gasteiger partial charge >= 0.3 is 6.09 Å². The third-order valence-electron chi connectivity index (χ3n) is 7.91. The molecular formula is C30H62N2O4. The lowest BCUT2D eigenvalue weighted by atomic mass is 9.75. The highest BCUT2D eigenvalue weighted by atomic mass is 16.5. The Morgan fingerprint density at radius 1 is 0.694 bits per heavy atom. The van der Waals surface area contributed by atoms with Crippen molar-refractivity contribution in [2.75, 3.05) is 20.3 Å². The average molecular weight is 515 g/mol. The number of ether oxygens (including phenoxy) is 2. The van der Waals surface area contributed by atoms with E-state index in [1.807, 2.05) is 13.8 Å². The number of nitrogens with one attached hydrogen (secondary N) is 2. The number of amides is 2. The Balaban J connectivity index is 0. The van der Waals surface area contributed by atoms with Crippen molar-refractivity contribution in [1.82, 2.24) is 10.6 Å². The van der Waals surface area contributed by atoms with Crippen LogP contribution in [0.3, 0.4) is 0 Å². The molecule has 0 radical (unpaired) electrons. The first-order chi connectivity index (χ1) is 17.4. The molecule has 3 aliphatic rings. The molecule has 3 aliphatic carbocycles. The van der Waals surface area contributed by atoms with E-state index in [4.69, 9.17) is 9.47 Å². The highest BCUT2D eigenvalue weighted by molar-refractivity contribution is 5.73. The molecule has 3 saturated carbocycles. The van der Waals surface area contributed by atoms with Crippen LogP contribution in [0.1, 0.15) is 127 Å². The summed E-state index contributed by atoms with van der Waals surface area (Å²) in [5.41, 5.74) is 0. The average Bonchev–Trinajstić information content (AvgIpc) is 2.88. The van der Waals surface area contributed by atoms with Crippen LogP contribution >= 0.6 is 0 Å². The van der Waals surface area contributed by atoms with Crippen molar-refractivity contribution in [2.45, 2.75) is 137 Å². The van der Waals surface area contributed by atoms with Gasteiger partial charge in [-0.1, -0.05) is 34.1 Å². The fraction of sp³-hybridized carbons (Fsp3) is 0.933. The summed E-state index contributed by atoms with van der Waals surface area (Å²) < 4.78 is 10.8. The summed E-state index contributed by atoms with van der Waals surface area (Å²) >= 11 is 0. The summed E-state index contributed by atoms with van der Waals surface area (Å²) in [6.45, 7) is 11.3. The number of rotatable bonds is 8. The summed E-state index contributed by atoms with van der Waals surface area (Å²) in [4.78, 5) is 23.5. The third-order valence-corrected chi connectivity index (χ3v) is 7.91. The molecule has 0 spiro atoms. The summed E-state index contributed by atoms with van der Waals surface area (Å²) in [5.74, 6) is 2.89. The second-order valence-electron chi connectivity index (χ2n) is 11.2. The van der Waals surface area contributed by atoms with E-state index in [1.54, 1.807) is 14.0 Å². The molecule has 216 valence electrons. The van der Waals surface area contributed by atoms with Crippen molar-refractivity contribution in [3.63, 3.8) is 0 Å². The number of hydrogen-bond acceptors (Lipinski definition) is 4. The monoisotopic (exact) mass is 514 g/mol. The molecule has 0 aromatic carbocycles. The Morgan fingerprint density at radius 3 is 1.50 bits per heavy atom. The third kappa shape index (κ3) is 13.9. The van der Waals surface area contributed by atoms with E-state index in [2.05, 4.69) is 24.5 Å². The van der Waals surface area contributed by atoms with Gasteiger partial charge in [0.25, 0.3) is 0 Å². The molecule has 0 aliphatic heterocycles. The molecule has 0 aromatic rings. The maximum absolute atomic E-state index is 12.2. The molecule has 6 nitrogen and oxygen atoms in total. The van der Waals surface area contributed by atoms with Gasteiger partial charge in [0, 0.05) is 35.6 Å². The molecule has 6 heteroatoms. The van der Waals surface area contributed by atoms with Crippen molar-refractivity contribution in [3.05, 3.63) is 0 Å². The number of carbonyl (C=O) groups is 2. The van der Waals surface area contributed by atoms with Gasteiger partial charge in [0.1, 0.15) is 0 Å². The van der Waals surface area contributed by atoms with E-state index in [1.165, 1.54) is 51.4 Å². The lowest BCUT2D eigenvalue weighted by Gasteiger charge is -2.34. The summed E-state index contributed by atoms with van der Waals surface area (Å²) in [7, 11) is 1.77. The van der Waals surface area contributed by atoms with Crippen molar-refractivity contribution in [1.29, 1.82) is 0 Å². The van der Waals surface area contributed by atoms with Gasteiger partial charge in [-0.2, -0.15) is 0 Å². The van der Waals surface area contributed by atoms with Gasteiger partial charge in [0.2, 0.25) is 5.91 Å². The molecule has 3 rings (SSSR count). The molecule has 0 aromatic heterocycles. The first-order valence-corrected chi connectivity index (χ1v) is 15.1. The van der Waals surface area contributed by atoms with Crippen molar-refractivity contribution in [2.24, 2.45) is 23.7 Å². The Morgan fingerprint density at radius 2 is 1.08 bits per heavy atom. The first kappa shape index (κ1) is 32.7. The number of hydrogen-bond donors (Lipinski definition) is 2. The SMILES string of the molecule is CC.CCC.COCC1CCC(COC(=O)NC2CCC(CC3CCC(NC(C)=O)CC3)CC2)CC1.[HH].[HH]. The van der Waals surface area contributed by atoms with Gasteiger partial charge in [0.15, 0.2) is 0 Å². The van der Waals surface area contributed by atoms with E-state index < -0.39 is 0 Å². The maximum atomic E-state index is 12.2. The summed E-state index contributed by atoms with van der Waals surface area (Å²) in [5, 5.41) is 6.19. The largest absolute Gasteiger partial charge is 0.449 e. The van der Waals surface area contributed by atoms with E-state index in [0.717, 1.165) is 57.0 Å². The molecule has 0 unspecified atom stereocenters. The quantitative estimate of drug-likeness (QED) is 0.347. The maximum Gasteiger partial charge on any atom is 0.407 e. The molecule has 0 bridgehead atoms. The van der Waals surface area contributed by atoms with Crippen LogP contribution in [0.25, 0.3) is 0 Å². The van der Waals surface area contributed by atoms with Crippen LogP contribution in [0, 0.1) is 23.7 Å². The van der Waals surface area contributed by atoms with E-state index in [0.29, 0.717) is 24.5 Å². The second kappa shape index (κ2) is 19.8. The van der Waals surface area contributed by atoms with Crippen molar-refractivity contribution >= 4 is 12.0 Å². The highest BCUT2D eigenvalue weighted by Gasteiger charge is 2.28. The second-order valence-corrected chi connectivity index (χ2v) is 11.2.